The highest BCUT2D eigenvalue weighted by molar-refractivity contribution is 5.60. The van der Waals surface area contributed by atoms with Crippen LogP contribution in [0.1, 0.15) is 25.7 Å². The van der Waals surface area contributed by atoms with Crippen LogP contribution in [0.15, 0.2) is 36.9 Å². The summed E-state index contributed by atoms with van der Waals surface area (Å²) in [5.74, 6) is 3.99. The van der Waals surface area contributed by atoms with Gasteiger partial charge in [0, 0.05) is 76.9 Å². The first-order valence-electron chi connectivity index (χ1n) is 11.5. The molecule has 2 N–H and O–H groups in total. The SMILES string of the molecule is Cn1nccc1N1CCCC(Nc2nccnc2NC2CCCN(c3ccnn3C)C2)C1. The second kappa shape index (κ2) is 9.05. The van der Waals surface area contributed by atoms with E-state index in [1.165, 1.54) is 0 Å². The summed E-state index contributed by atoms with van der Waals surface area (Å²) in [6.45, 7) is 3.95. The highest BCUT2D eigenvalue weighted by Crippen LogP contribution is 2.25. The van der Waals surface area contributed by atoms with E-state index in [2.05, 4.69) is 52.7 Å². The Labute approximate surface area is 188 Å². The van der Waals surface area contributed by atoms with Crippen molar-refractivity contribution in [2.75, 3.05) is 46.6 Å². The van der Waals surface area contributed by atoms with Crippen molar-refractivity contribution in [1.82, 2.24) is 29.5 Å². The number of anilines is 4. The van der Waals surface area contributed by atoms with Crippen LogP contribution in [0.25, 0.3) is 0 Å². The third-order valence-corrected chi connectivity index (χ3v) is 6.46. The summed E-state index contributed by atoms with van der Waals surface area (Å²) in [5.41, 5.74) is 0. The number of nitrogens with zero attached hydrogens (tertiary/aromatic N) is 8. The molecule has 32 heavy (non-hydrogen) atoms. The molecule has 2 fully saturated rings. The molecule has 0 saturated carbocycles. The van der Waals surface area contributed by atoms with Crippen LogP contribution in [-0.2, 0) is 14.1 Å². The lowest BCUT2D eigenvalue weighted by Crippen LogP contribution is -2.44. The fourth-order valence-electron chi connectivity index (χ4n) is 4.90. The molecule has 0 spiro atoms. The lowest BCUT2D eigenvalue weighted by Gasteiger charge is -2.36. The van der Waals surface area contributed by atoms with Crippen LogP contribution < -0.4 is 20.4 Å². The van der Waals surface area contributed by atoms with E-state index in [9.17, 15) is 0 Å². The van der Waals surface area contributed by atoms with Gasteiger partial charge in [0.15, 0.2) is 11.6 Å². The van der Waals surface area contributed by atoms with Crippen molar-refractivity contribution < 1.29 is 0 Å². The van der Waals surface area contributed by atoms with Gasteiger partial charge in [-0.25, -0.2) is 9.97 Å². The van der Waals surface area contributed by atoms with Crippen LogP contribution in [0.5, 0.6) is 0 Å². The molecule has 0 aliphatic carbocycles. The van der Waals surface area contributed by atoms with E-state index in [1.54, 1.807) is 12.4 Å². The monoisotopic (exact) mass is 436 g/mol. The molecule has 0 radical (unpaired) electrons. The summed E-state index contributed by atoms with van der Waals surface area (Å²) in [5, 5.41) is 16.0. The topological polar surface area (TPSA) is 92.0 Å². The standard InChI is InChI=1S/C22H32N10/c1-29-19(7-9-25-29)31-13-3-5-17(15-31)27-21-22(24-12-11-23-21)28-18-6-4-14-32(16-18)20-8-10-26-30(20)2/h7-12,17-18H,3-6,13-16H2,1-2H3,(H,23,27)(H,24,28). The predicted molar refractivity (Wildman–Crippen MR) is 126 cm³/mol. The Kier molecular flexibility index (Phi) is 5.83. The Morgan fingerprint density at radius 1 is 0.719 bits per heavy atom. The average molecular weight is 437 g/mol. The van der Waals surface area contributed by atoms with E-state index in [1.807, 2.05) is 35.9 Å². The zero-order chi connectivity index (χ0) is 21.9. The van der Waals surface area contributed by atoms with E-state index in [0.29, 0.717) is 12.1 Å². The Bertz CT molecular complexity index is 946. The van der Waals surface area contributed by atoms with Gasteiger partial charge >= 0.3 is 0 Å². The number of hydrogen-bond acceptors (Lipinski definition) is 8. The fourth-order valence-corrected chi connectivity index (χ4v) is 4.90. The van der Waals surface area contributed by atoms with Gasteiger partial charge in [-0.3, -0.25) is 9.36 Å². The average Bonchev–Trinajstić information content (AvgIpc) is 3.43. The maximum atomic E-state index is 4.63. The lowest BCUT2D eigenvalue weighted by molar-refractivity contribution is 0.514. The second-order valence-electron chi connectivity index (χ2n) is 8.74. The lowest BCUT2D eigenvalue weighted by atomic mass is 10.1. The Balaban J connectivity index is 1.25. The molecule has 170 valence electrons. The van der Waals surface area contributed by atoms with Crippen molar-refractivity contribution in [3.05, 3.63) is 36.9 Å². The van der Waals surface area contributed by atoms with Crippen LogP contribution in [0, 0.1) is 0 Å². The van der Waals surface area contributed by atoms with Crippen LogP contribution in [-0.4, -0.2) is 67.8 Å². The predicted octanol–water partition coefficient (Wildman–Crippen LogP) is 2.11. The van der Waals surface area contributed by atoms with Crippen molar-refractivity contribution in [1.29, 1.82) is 0 Å². The minimum atomic E-state index is 0.313. The third-order valence-electron chi connectivity index (χ3n) is 6.46. The number of nitrogens with one attached hydrogen (secondary N) is 2. The van der Waals surface area contributed by atoms with Gasteiger partial charge in [-0.2, -0.15) is 10.2 Å². The first-order valence-corrected chi connectivity index (χ1v) is 11.5. The van der Waals surface area contributed by atoms with Crippen LogP contribution >= 0.6 is 0 Å². The van der Waals surface area contributed by atoms with Gasteiger partial charge in [0.25, 0.3) is 0 Å². The Morgan fingerprint density at radius 2 is 1.19 bits per heavy atom. The van der Waals surface area contributed by atoms with E-state index in [4.69, 9.17) is 0 Å². The molecule has 3 aromatic heterocycles. The number of rotatable bonds is 6. The van der Waals surface area contributed by atoms with Crippen LogP contribution in [0.2, 0.25) is 0 Å². The number of aromatic nitrogens is 6. The number of hydrogen-bond donors (Lipinski definition) is 2. The minimum Gasteiger partial charge on any atom is -0.362 e. The largest absolute Gasteiger partial charge is 0.362 e. The zero-order valence-corrected chi connectivity index (χ0v) is 18.9. The van der Waals surface area contributed by atoms with Crippen LogP contribution in [0.4, 0.5) is 23.3 Å². The highest BCUT2D eigenvalue weighted by atomic mass is 15.4. The van der Waals surface area contributed by atoms with Gasteiger partial charge in [0.2, 0.25) is 0 Å². The minimum absolute atomic E-state index is 0.313. The highest BCUT2D eigenvalue weighted by Gasteiger charge is 2.25. The maximum absolute atomic E-state index is 4.63. The summed E-state index contributed by atoms with van der Waals surface area (Å²) >= 11 is 0. The molecule has 0 amide bonds. The number of aryl methyl sites for hydroxylation is 2. The van der Waals surface area contributed by atoms with Crippen molar-refractivity contribution in [2.45, 2.75) is 37.8 Å². The molecule has 5 heterocycles. The molecule has 0 bridgehead atoms. The molecule has 2 saturated heterocycles. The first kappa shape index (κ1) is 20.6. The third kappa shape index (κ3) is 4.35. The molecule has 0 aromatic carbocycles. The van der Waals surface area contributed by atoms with E-state index < -0.39 is 0 Å². The summed E-state index contributed by atoms with van der Waals surface area (Å²) in [7, 11) is 3.99. The molecular weight excluding hydrogens is 404 g/mol. The van der Waals surface area contributed by atoms with E-state index >= 15 is 0 Å². The Morgan fingerprint density at radius 3 is 1.59 bits per heavy atom. The summed E-state index contributed by atoms with van der Waals surface area (Å²) in [4.78, 5) is 14.0. The number of piperidine rings is 2. The molecule has 10 nitrogen and oxygen atoms in total. The first-order chi connectivity index (χ1) is 15.7. The molecule has 2 atom stereocenters. The van der Waals surface area contributed by atoms with E-state index in [-0.39, 0.29) is 0 Å². The normalized spacial score (nSPS) is 21.6. The Hall–Kier alpha value is -3.30. The van der Waals surface area contributed by atoms with Gasteiger partial charge < -0.3 is 20.4 Å². The van der Waals surface area contributed by atoms with Crippen molar-refractivity contribution >= 4 is 23.3 Å². The van der Waals surface area contributed by atoms with Crippen molar-refractivity contribution in [3.63, 3.8) is 0 Å². The molecule has 2 aliphatic rings. The van der Waals surface area contributed by atoms with Crippen molar-refractivity contribution in [2.24, 2.45) is 14.1 Å². The van der Waals surface area contributed by atoms with Gasteiger partial charge in [0.1, 0.15) is 11.6 Å². The summed E-state index contributed by atoms with van der Waals surface area (Å²) in [6.07, 6.45) is 11.7. The van der Waals surface area contributed by atoms with Gasteiger partial charge in [-0.05, 0) is 25.7 Å². The summed E-state index contributed by atoms with van der Waals surface area (Å²) in [6, 6.07) is 4.78. The quantitative estimate of drug-likeness (QED) is 0.607. The molecule has 2 unspecified atom stereocenters. The molecule has 2 aliphatic heterocycles. The maximum Gasteiger partial charge on any atom is 0.169 e. The molecular formula is C22H32N10. The molecule has 10 heteroatoms. The van der Waals surface area contributed by atoms with Gasteiger partial charge in [-0.1, -0.05) is 0 Å². The van der Waals surface area contributed by atoms with E-state index in [0.717, 1.165) is 75.1 Å². The smallest absolute Gasteiger partial charge is 0.169 e. The second-order valence-corrected chi connectivity index (χ2v) is 8.74. The molecule has 3 aromatic rings. The fraction of sp³-hybridized carbons (Fsp3) is 0.545. The van der Waals surface area contributed by atoms with Crippen LogP contribution in [0.3, 0.4) is 0 Å². The van der Waals surface area contributed by atoms with Gasteiger partial charge in [-0.15, -0.1) is 0 Å². The van der Waals surface area contributed by atoms with Gasteiger partial charge in [0.05, 0.1) is 12.4 Å². The van der Waals surface area contributed by atoms with Crippen molar-refractivity contribution in [3.8, 4) is 0 Å². The molecule has 5 rings (SSSR count). The zero-order valence-electron chi connectivity index (χ0n) is 18.9. The summed E-state index contributed by atoms with van der Waals surface area (Å²) < 4.78 is 3.88.